The molecule has 0 unspecified atom stereocenters. The van der Waals surface area contributed by atoms with E-state index in [-0.39, 0.29) is 18.2 Å². The van der Waals surface area contributed by atoms with E-state index in [4.69, 9.17) is 4.74 Å². The summed E-state index contributed by atoms with van der Waals surface area (Å²) < 4.78 is 7.81. The van der Waals surface area contributed by atoms with Crippen LogP contribution in [0.5, 0.6) is 5.75 Å². The molecule has 6 nitrogen and oxygen atoms in total. The van der Waals surface area contributed by atoms with E-state index in [9.17, 15) is 5.11 Å². The molecule has 3 atom stereocenters. The molecule has 2 aromatic heterocycles. The molecular weight excluding hydrogens is 328 g/mol. The van der Waals surface area contributed by atoms with Gasteiger partial charge in [0.15, 0.2) is 0 Å². The first-order chi connectivity index (χ1) is 12.8. The third kappa shape index (κ3) is 3.61. The van der Waals surface area contributed by atoms with Crippen LogP contribution in [0.2, 0.25) is 0 Å². The molecule has 4 rings (SSSR count). The summed E-state index contributed by atoms with van der Waals surface area (Å²) in [5.41, 5.74) is 2.13. The summed E-state index contributed by atoms with van der Waals surface area (Å²) in [6.45, 7) is 1.17. The zero-order valence-corrected chi connectivity index (χ0v) is 14.4. The van der Waals surface area contributed by atoms with Crippen molar-refractivity contribution in [3.05, 3.63) is 78.4 Å². The van der Waals surface area contributed by atoms with Crippen LogP contribution in [0.1, 0.15) is 23.6 Å². The van der Waals surface area contributed by atoms with Gasteiger partial charge in [-0.1, -0.05) is 24.3 Å². The fourth-order valence-corrected chi connectivity index (χ4v) is 3.31. The number of hydrogen-bond donors (Lipinski definition) is 2. The number of benzene rings is 1. The lowest BCUT2D eigenvalue weighted by atomic mass is 9.83. The minimum atomic E-state index is -0.357. The maximum atomic E-state index is 10.1. The van der Waals surface area contributed by atoms with Gasteiger partial charge in [-0.15, -0.1) is 0 Å². The summed E-state index contributed by atoms with van der Waals surface area (Å²) in [4.78, 5) is 4.11. The van der Waals surface area contributed by atoms with Crippen molar-refractivity contribution in [3.8, 4) is 5.75 Å². The van der Waals surface area contributed by atoms with E-state index < -0.39 is 0 Å². The average molecular weight is 350 g/mol. The van der Waals surface area contributed by atoms with Crippen molar-refractivity contribution in [1.29, 1.82) is 0 Å². The fourth-order valence-electron chi connectivity index (χ4n) is 3.31. The van der Waals surface area contributed by atoms with Crippen molar-refractivity contribution >= 4 is 0 Å². The highest BCUT2D eigenvalue weighted by molar-refractivity contribution is 5.33. The minimum Gasteiger partial charge on any atom is -0.489 e. The van der Waals surface area contributed by atoms with E-state index in [0.717, 1.165) is 23.3 Å². The van der Waals surface area contributed by atoms with Crippen LogP contribution < -0.4 is 10.1 Å². The third-order valence-electron chi connectivity index (χ3n) is 4.78. The Labute approximate surface area is 152 Å². The summed E-state index contributed by atoms with van der Waals surface area (Å²) in [6.07, 6.45) is 7.57. The average Bonchev–Trinajstić information content (AvgIpc) is 3.18. The van der Waals surface area contributed by atoms with Crippen LogP contribution in [0.15, 0.2) is 67.3 Å². The standard InChI is InChI=1S/C20H22N4O2/c25-18-11-17(20(18)24-10-4-9-23-24)22-13-16-6-1-2-7-19(16)26-14-15-5-3-8-21-12-15/h1-10,12,17-18,20,22,25H,11,13-14H2/t17-,18+,20+/m0/s1. The van der Waals surface area contributed by atoms with E-state index in [1.807, 2.05) is 53.5 Å². The molecule has 1 aliphatic carbocycles. The lowest BCUT2D eigenvalue weighted by molar-refractivity contribution is -0.00827. The zero-order chi connectivity index (χ0) is 17.8. The number of pyridine rings is 1. The van der Waals surface area contributed by atoms with Gasteiger partial charge in [0.2, 0.25) is 0 Å². The number of nitrogens with zero attached hydrogens (tertiary/aromatic N) is 3. The van der Waals surface area contributed by atoms with E-state index >= 15 is 0 Å². The Bertz CT molecular complexity index is 823. The van der Waals surface area contributed by atoms with Crippen molar-refractivity contribution < 1.29 is 9.84 Å². The van der Waals surface area contributed by atoms with Crippen LogP contribution in [0.3, 0.4) is 0 Å². The Morgan fingerprint density at radius 2 is 2.08 bits per heavy atom. The molecular formula is C20H22N4O2. The van der Waals surface area contributed by atoms with E-state index in [0.29, 0.717) is 13.2 Å². The maximum absolute atomic E-state index is 10.1. The highest BCUT2D eigenvalue weighted by atomic mass is 16.5. The lowest BCUT2D eigenvalue weighted by Crippen LogP contribution is -2.54. The molecule has 1 aromatic carbocycles. The Kier molecular flexibility index (Phi) is 4.95. The molecule has 6 heteroatoms. The molecule has 0 bridgehead atoms. The summed E-state index contributed by atoms with van der Waals surface area (Å²) in [7, 11) is 0. The van der Waals surface area contributed by atoms with Gasteiger partial charge in [0.25, 0.3) is 0 Å². The third-order valence-corrected chi connectivity index (χ3v) is 4.78. The molecule has 0 radical (unpaired) electrons. The SMILES string of the molecule is O[C@@H]1C[C@H](NCc2ccccc2OCc2cccnc2)[C@H]1n1cccn1. The lowest BCUT2D eigenvalue weighted by Gasteiger charge is -2.42. The fraction of sp³-hybridized carbons (Fsp3) is 0.300. The van der Waals surface area contributed by atoms with Crippen LogP contribution in [-0.4, -0.2) is 32.0 Å². The molecule has 1 saturated carbocycles. The second kappa shape index (κ2) is 7.68. The van der Waals surface area contributed by atoms with Crippen molar-refractivity contribution in [3.63, 3.8) is 0 Å². The first kappa shape index (κ1) is 16.8. The predicted molar refractivity (Wildman–Crippen MR) is 97.5 cm³/mol. The highest BCUT2D eigenvalue weighted by Gasteiger charge is 2.41. The molecule has 0 spiro atoms. The van der Waals surface area contributed by atoms with Gasteiger partial charge < -0.3 is 15.2 Å². The van der Waals surface area contributed by atoms with Crippen LogP contribution in [0.4, 0.5) is 0 Å². The molecule has 1 fully saturated rings. The molecule has 2 N–H and O–H groups in total. The van der Waals surface area contributed by atoms with Gasteiger partial charge in [-0.3, -0.25) is 9.67 Å². The minimum absolute atomic E-state index is 0.0199. The quantitative estimate of drug-likeness (QED) is 0.684. The van der Waals surface area contributed by atoms with Crippen LogP contribution in [0.25, 0.3) is 0 Å². The Morgan fingerprint density at radius 1 is 1.15 bits per heavy atom. The predicted octanol–water partition coefficient (Wildman–Crippen LogP) is 2.32. The Balaban J connectivity index is 1.38. The second-order valence-corrected chi connectivity index (χ2v) is 6.52. The molecule has 134 valence electrons. The van der Waals surface area contributed by atoms with Gasteiger partial charge in [0.1, 0.15) is 12.4 Å². The van der Waals surface area contributed by atoms with Gasteiger partial charge in [0, 0.05) is 48.5 Å². The topological polar surface area (TPSA) is 72.2 Å². The number of aromatic nitrogens is 3. The number of hydrogen-bond acceptors (Lipinski definition) is 5. The van der Waals surface area contributed by atoms with Crippen molar-refractivity contribution in [2.24, 2.45) is 0 Å². The summed E-state index contributed by atoms with van der Waals surface area (Å²) >= 11 is 0. The summed E-state index contributed by atoms with van der Waals surface area (Å²) in [5, 5.41) is 17.9. The van der Waals surface area contributed by atoms with Crippen molar-refractivity contribution in [2.75, 3.05) is 0 Å². The molecule has 0 saturated heterocycles. The Morgan fingerprint density at radius 3 is 2.85 bits per heavy atom. The Hall–Kier alpha value is -2.70. The van der Waals surface area contributed by atoms with Gasteiger partial charge in [-0.25, -0.2) is 0 Å². The molecule has 3 aromatic rings. The van der Waals surface area contributed by atoms with E-state index in [1.165, 1.54) is 0 Å². The number of ether oxygens (including phenoxy) is 1. The number of para-hydroxylation sites is 1. The van der Waals surface area contributed by atoms with Gasteiger partial charge in [-0.05, 0) is 24.6 Å². The monoisotopic (exact) mass is 350 g/mol. The van der Waals surface area contributed by atoms with E-state index in [1.54, 1.807) is 12.4 Å². The van der Waals surface area contributed by atoms with Gasteiger partial charge in [0.05, 0.1) is 12.1 Å². The highest BCUT2D eigenvalue weighted by Crippen LogP contribution is 2.32. The number of rotatable bonds is 7. The van der Waals surface area contributed by atoms with Crippen molar-refractivity contribution in [1.82, 2.24) is 20.1 Å². The summed E-state index contributed by atoms with van der Waals surface area (Å²) in [6, 6.07) is 14.0. The first-order valence-corrected chi connectivity index (χ1v) is 8.81. The largest absolute Gasteiger partial charge is 0.489 e. The van der Waals surface area contributed by atoms with Gasteiger partial charge in [-0.2, -0.15) is 5.10 Å². The molecule has 0 aliphatic heterocycles. The normalized spacial score (nSPS) is 22.0. The number of nitrogens with one attached hydrogen (secondary N) is 1. The first-order valence-electron chi connectivity index (χ1n) is 8.81. The smallest absolute Gasteiger partial charge is 0.124 e. The number of aliphatic hydroxyl groups excluding tert-OH is 1. The van der Waals surface area contributed by atoms with Crippen molar-refractivity contribution in [2.45, 2.75) is 37.8 Å². The van der Waals surface area contributed by atoms with Crippen LogP contribution in [-0.2, 0) is 13.2 Å². The molecule has 1 aliphatic rings. The zero-order valence-electron chi connectivity index (χ0n) is 14.4. The molecule has 2 heterocycles. The van der Waals surface area contributed by atoms with Crippen LogP contribution in [0, 0.1) is 0 Å². The molecule has 26 heavy (non-hydrogen) atoms. The molecule has 0 amide bonds. The van der Waals surface area contributed by atoms with Crippen LogP contribution >= 0.6 is 0 Å². The maximum Gasteiger partial charge on any atom is 0.124 e. The number of aliphatic hydroxyl groups is 1. The van der Waals surface area contributed by atoms with Gasteiger partial charge >= 0.3 is 0 Å². The van der Waals surface area contributed by atoms with E-state index in [2.05, 4.69) is 21.5 Å². The second-order valence-electron chi connectivity index (χ2n) is 6.52. The summed E-state index contributed by atoms with van der Waals surface area (Å²) in [5.74, 6) is 0.861.